The lowest BCUT2D eigenvalue weighted by Crippen LogP contribution is -2.59. The molecule has 4 aliphatic heterocycles. The number of fused-ring (bicyclic) bond motifs is 1. The maximum atomic E-state index is 14.2. The summed E-state index contributed by atoms with van der Waals surface area (Å²) in [6.07, 6.45) is -3.99. The van der Waals surface area contributed by atoms with Crippen molar-refractivity contribution in [3.63, 3.8) is 0 Å². The van der Waals surface area contributed by atoms with Gasteiger partial charge >= 0.3 is 5.97 Å². The van der Waals surface area contributed by atoms with E-state index in [1.54, 1.807) is 21.0 Å². The molecule has 4 saturated heterocycles. The number of hydrogen-bond donors (Lipinski definition) is 2. The zero-order valence-corrected chi connectivity index (χ0v) is 34.2. The Morgan fingerprint density at radius 3 is 2.15 bits per heavy atom. The zero-order chi connectivity index (χ0) is 39.0. The molecule has 0 spiro atoms. The number of aliphatic hydroxyl groups is 2. The van der Waals surface area contributed by atoms with Crippen molar-refractivity contribution in [3.8, 4) is 0 Å². The minimum Gasteiger partial charge on any atom is -0.459 e. The highest BCUT2D eigenvalue weighted by Crippen LogP contribution is 2.42. The van der Waals surface area contributed by atoms with E-state index in [9.17, 15) is 19.8 Å². The van der Waals surface area contributed by atoms with Gasteiger partial charge in [0.25, 0.3) is 0 Å². The van der Waals surface area contributed by atoms with E-state index in [0.717, 1.165) is 6.42 Å². The standard InChI is InChI=1S/C39H70N2O11/c1-15-28-38(9,45)18-21(3)30(42)22(4)19-39(10,46-14)34(52-36-33-27(17-23(5)47-36)41(13)37(51-33)40(11)12)24(6)32(25(7)35(44)49-28)50-29-16-20(2)31(43)26(8)48-29/h20-29,31-34,36-37,43,45H,15-19H2,1-14H3/t20-,21+,22+,23+,24-,25+,26-,27-,28+,29-,31+,32?,33+,34+,36-,37?,38?,39+/m0/s1. The van der Waals surface area contributed by atoms with Crippen LogP contribution in [0.5, 0.6) is 0 Å². The van der Waals surface area contributed by atoms with Gasteiger partial charge in [0.2, 0.25) is 0 Å². The first-order valence-electron chi connectivity index (χ1n) is 19.5. The van der Waals surface area contributed by atoms with E-state index in [4.69, 9.17) is 33.2 Å². The molecule has 4 fully saturated rings. The Hall–Kier alpha value is -1.26. The largest absolute Gasteiger partial charge is 0.459 e. The first-order chi connectivity index (χ1) is 24.1. The summed E-state index contributed by atoms with van der Waals surface area (Å²) in [5.41, 5.74) is -2.52. The predicted molar refractivity (Wildman–Crippen MR) is 194 cm³/mol. The summed E-state index contributed by atoms with van der Waals surface area (Å²) in [5.74, 6) is -3.04. The molecule has 0 amide bonds. The summed E-state index contributed by atoms with van der Waals surface area (Å²) < 4.78 is 45.7. The second-order valence-electron chi connectivity index (χ2n) is 17.3. The number of carbonyl (C=O) groups excluding carboxylic acids is 2. The van der Waals surface area contributed by atoms with Crippen LogP contribution in [-0.2, 0) is 42.7 Å². The van der Waals surface area contributed by atoms with Crippen molar-refractivity contribution in [2.24, 2.45) is 29.6 Å². The Kier molecular flexibility index (Phi) is 14.4. The van der Waals surface area contributed by atoms with Crippen molar-refractivity contribution in [2.75, 3.05) is 28.3 Å². The van der Waals surface area contributed by atoms with Gasteiger partial charge < -0.3 is 43.4 Å². The Balaban J connectivity index is 1.82. The molecule has 0 aromatic rings. The minimum atomic E-state index is -1.45. The average molecular weight is 743 g/mol. The fraction of sp³-hybridized carbons (Fsp3) is 0.949. The van der Waals surface area contributed by atoms with Gasteiger partial charge in [-0.25, -0.2) is 0 Å². The van der Waals surface area contributed by atoms with Gasteiger partial charge in [0.05, 0.1) is 47.6 Å². The monoisotopic (exact) mass is 742 g/mol. The molecular formula is C39H70N2O11. The van der Waals surface area contributed by atoms with Crippen molar-refractivity contribution in [1.82, 2.24) is 9.80 Å². The quantitative estimate of drug-likeness (QED) is 0.364. The molecule has 302 valence electrons. The van der Waals surface area contributed by atoms with E-state index >= 15 is 0 Å². The summed E-state index contributed by atoms with van der Waals surface area (Å²) in [5, 5.41) is 22.3. The van der Waals surface area contributed by atoms with Gasteiger partial charge in [0.15, 0.2) is 18.9 Å². The maximum Gasteiger partial charge on any atom is 0.311 e. The molecule has 0 aromatic heterocycles. The second-order valence-corrected chi connectivity index (χ2v) is 17.3. The first-order valence-corrected chi connectivity index (χ1v) is 19.5. The topological polar surface area (TPSA) is 146 Å². The number of methoxy groups -OCH3 is 1. The third-order valence-corrected chi connectivity index (χ3v) is 12.4. The van der Waals surface area contributed by atoms with Crippen LogP contribution in [0.3, 0.4) is 0 Å². The van der Waals surface area contributed by atoms with E-state index in [1.807, 2.05) is 81.4 Å². The molecule has 13 heteroatoms. The molecule has 2 N–H and O–H groups in total. The zero-order valence-electron chi connectivity index (χ0n) is 34.2. The molecule has 4 rings (SSSR count). The minimum absolute atomic E-state index is 0.0230. The van der Waals surface area contributed by atoms with E-state index < -0.39 is 90.0 Å². The van der Waals surface area contributed by atoms with E-state index in [1.165, 1.54) is 0 Å². The van der Waals surface area contributed by atoms with Crippen LogP contribution < -0.4 is 0 Å². The van der Waals surface area contributed by atoms with Gasteiger partial charge in [-0.15, -0.1) is 0 Å². The van der Waals surface area contributed by atoms with Crippen molar-refractivity contribution >= 4 is 11.8 Å². The molecule has 0 aliphatic carbocycles. The summed E-state index contributed by atoms with van der Waals surface area (Å²) in [6, 6.07) is 0.0230. The molecule has 4 aliphatic rings. The van der Waals surface area contributed by atoms with Crippen LogP contribution in [0.1, 0.15) is 101 Å². The SMILES string of the molecule is CC[C@H]1OC(=O)[C@H](C)C(O[C@H]2C[C@H](C)[C@@H](O)[C@H](C)O2)[C@H](C)[C@@H](O[C@@H]2O[C@H](C)C[C@H]3[C@H]2OC(N(C)C)N3C)[C@](C)(OC)C[C@@H](C)C(=O)[C@H](C)CC1(C)O. The molecule has 0 aromatic carbocycles. The molecule has 0 saturated carbocycles. The van der Waals surface area contributed by atoms with Gasteiger partial charge in [0, 0.05) is 37.3 Å². The number of likely N-dealkylation sites (N-methyl/N-ethyl adjacent to an activating group) is 1. The molecule has 52 heavy (non-hydrogen) atoms. The van der Waals surface area contributed by atoms with Gasteiger partial charge in [-0.1, -0.05) is 34.6 Å². The number of cyclic esters (lactones) is 1. The number of aliphatic hydroxyl groups excluding tert-OH is 1. The number of carbonyl (C=O) groups is 2. The number of Topliss-reactive ketones (excluding diaryl/α,β-unsaturated/α-hetero) is 1. The van der Waals surface area contributed by atoms with Crippen molar-refractivity contribution < 1.29 is 53.0 Å². The van der Waals surface area contributed by atoms with Crippen LogP contribution in [-0.4, -0.2) is 139 Å². The second kappa shape index (κ2) is 17.3. The van der Waals surface area contributed by atoms with Gasteiger partial charge in [-0.05, 0) is 87.4 Å². The summed E-state index contributed by atoms with van der Waals surface area (Å²) in [4.78, 5) is 32.4. The van der Waals surface area contributed by atoms with Gasteiger partial charge in [-0.3, -0.25) is 19.4 Å². The number of ketones is 1. The van der Waals surface area contributed by atoms with Crippen LogP contribution in [0.25, 0.3) is 0 Å². The molecule has 0 radical (unpaired) electrons. The lowest BCUT2D eigenvalue weighted by Gasteiger charge is -2.48. The van der Waals surface area contributed by atoms with E-state index in [-0.39, 0.29) is 36.6 Å². The summed E-state index contributed by atoms with van der Waals surface area (Å²) >= 11 is 0. The Morgan fingerprint density at radius 2 is 1.58 bits per heavy atom. The fourth-order valence-corrected chi connectivity index (χ4v) is 9.34. The van der Waals surface area contributed by atoms with Crippen LogP contribution in [0.4, 0.5) is 0 Å². The average Bonchev–Trinajstić information content (AvgIpc) is 3.41. The molecule has 4 heterocycles. The van der Waals surface area contributed by atoms with Crippen LogP contribution in [0, 0.1) is 29.6 Å². The van der Waals surface area contributed by atoms with Gasteiger partial charge in [-0.2, -0.15) is 0 Å². The Labute approximate surface area is 312 Å². The third kappa shape index (κ3) is 9.22. The smallest absolute Gasteiger partial charge is 0.311 e. The maximum absolute atomic E-state index is 14.2. The highest BCUT2D eigenvalue weighted by Gasteiger charge is 2.55. The highest BCUT2D eigenvalue weighted by molar-refractivity contribution is 5.83. The van der Waals surface area contributed by atoms with Crippen molar-refractivity contribution in [1.29, 1.82) is 0 Å². The molecule has 0 bridgehead atoms. The van der Waals surface area contributed by atoms with E-state index in [0.29, 0.717) is 19.3 Å². The van der Waals surface area contributed by atoms with Crippen LogP contribution in [0.15, 0.2) is 0 Å². The summed E-state index contributed by atoms with van der Waals surface area (Å²) in [7, 11) is 7.60. The first kappa shape index (κ1) is 43.5. The van der Waals surface area contributed by atoms with E-state index in [2.05, 4.69) is 4.90 Å². The van der Waals surface area contributed by atoms with Gasteiger partial charge in [0.1, 0.15) is 18.0 Å². The Bertz CT molecular complexity index is 1190. The van der Waals surface area contributed by atoms with Crippen LogP contribution >= 0.6 is 0 Å². The number of ether oxygens (including phenoxy) is 7. The van der Waals surface area contributed by atoms with Crippen LogP contribution in [0.2, 0.25) is 0 Å². The van der Waals surface area contributed by atoms with Crippen molar-refractivity contribution in [3.05, 3.63) is 0 Å². The normalized spacial score (nSPS) is 49.0. The predicted octanol–water partition coefficient (Wildman–Crippen LogP) is 3.95. The highest BCUT2D eigenvalue weighted by atomic mass is 16.7. The number of esters is 1. The molecule has 3 unspecified atom stereocenters. The Morgan fingerprint density at radius 1 is 0.942 bits per heavy atom. The molecular weight excluding hydrogens is 672 g/mol. The third-order valence-electron chi connectivity index (χ3n) is 12.4. The lowest BCUT2D eigenvalue weighted by molar-refractivity contribution is -0.309. The molecule has 13 nitrogen and oxygen atoms in total. The molecule has 18 atom stereocenters. The number of rotatable bonds is 7. The summed E-state index contributed by atoms with van der Waals surface area (Å²) in [6.45, 7) is 18.6. The number of nitrogens with zero attached hydrogens (tertiary/aromatic N) is 2. The fourth-order valence-electron chi connectivity index (χ4n) is 9.34. The van der Waals surface area contributed by atoms with Crippen molar-refractivity contribution in [2.45, 2.75) is 180 Å². The lowest BCUT2D eigenvalue weighted by atomic mass is 9.74. The number of hydrogen-bond acceptors (Lipinski definition) is 13.